The Balaban J connectivity index is 2.29. The Hall–Kier alpha value is -1.88. The number of nitrogens with one attached hydrogen (secondary N) is 1. The van der Waals surface area contributed by atoms with Crippen LogP contribution in [-0.4, -0.2) is 29.2 Å². The molecule has 2 rings (SSSR count). The third-order valence-corrected chi connectivity index (χ3v) is 2.54. The fourth-order valence-corrected chi connectivity index (χ4v) is 1.69. The van der Waals surface area contributed by atoms with Crippen LogP contribution in [0.25, 0.3) is 5.69 Å². The molecule has 0 saturated carbocycles. The van der Waals surface area contributed by atoms with E-state index in [1.807, 2.05) is 38.4 Å². The van der Waals surface area contributed by atoms with Crippen LogP contribution in [0.5, 0.6) is 5.75 Å². The summed E-state index contributed by atoms with van der Waals surface area (Å²) in [6, 6.07) is 5.92. The summed E-state index contributed by atoms with van der Waals surface area (Å²) < 4.78 is 6.99. The monoisotopic (exact) mass is 232 g/mol. The largest absolute Gasteiger partial charge is 0.496 e. The number of rotatable bonds is 4. The first kappa shape index (κ1) is 11.6. The lowest BCUT2D eigenvalue weighted by molar-refractivity contribution is 0.411. The van der Waals surface area contributed by atoms with Crippen LogP contribution >= 0.6 is 0 Å². The first-order valence-electron chi connectivity index (χ1n) is 5.45. The number of ether oxygens (including phenoxy) is 1. The van der Waals surface area contributed by atoms with Gasteiger partial charge >= 0.3 is 0 Å². The molecule has 1 aromatic heterocycles. The predicted molar refractivity (Wildman–Crippen MR) is 65.4 cm³/mol. The van der Waals surface area contributed by atoms with Gasteiger partial charge in [0.05, 0.1) is 24.7 Å². The van der Waals surface area contributed by atoms with Gasteiger partial charge in [0.2, 0.25) is 0 Å². The maximum Gasteiger partial charge on any atom is 0.121 e. The van der Waals surface area contributed by atoms with Crippen LogP contribution in [-0.2, 0) is 6.54 Å². The Kier molecular flexibility index (Phi) is 3.39. The zero-order valence-corrected chi connectivity index (χ0v) is 10.3. The zero-order valence-electron chi connectivity index (χ0n) is 10.3. The van der Waals surface area contributed by atoms with Gasteiger partial charge in [0.1, 0.15) is 5.75 Å². The van der Waals surface area contributed by atoms with Crippen LogP contribution in [0, 0.1) is 6.92 Å². The van der Waals surface area contributed by atoms with E-state index < -0.39 is 0 Å². The van der Waals surface area contributed by atoms with Gasteiger partial charge in [-0.15, -0.1) is 5.10 Å². The molecule has 0 saturated heterocycles. The number of aryl methyl sites for hydroxylation is 1. The van der Waals surface area contributed by atoms with E-state index in [4.69, 9.17) is 4.74 Å². The van der Waals surface area contributed by atoms with Crippen LogP contribution in [0.15, 0.2) is 24.4 Å². The Morgan fingerprint density at radius 3 is 2.88 bits per heavy atom. The first-order valence-corrected chi connectivity index (χ1v) is 5.45. The Bertz CT molecular complexity index is 507. The van der Waals surface area contributed by atoms with E-state index in [1.54, 1.807) is 11.8 Å². The molecule has 5 heteroatoms. The second kappa shape index (κ2) is 4.97. The van der Waals surface area contributed by atoms with Crippen molar-refractivity contribution in [3.63, 3.8) is 0 Å². The Morgan fingerprint density at radius 2 is 2.24 bits per heavy atom. The van der Waals surface area contributed by atoms with E-state index in [1.165, 1.54) is 0 Å². The van der Waals surface area contributed by atoms with Gasteiger partial charge < -0.3 is 10.1 Å². The van der Waals surface area contributed by atoms with Gasteiger partial charge in [-0.1, -0.05) is 5.21 Å². The minimum absolute atomic E-state index is 0.717. The number of benzene rings is 1. The van der Waals surface area contributed by atoms with Gasteiger partial charge in [0.15, 0.2) is 0 Å². The van der Waals surface area contributed by atoms with Crippen LogP contribution in [0.1, 0.15) is 11.3 Å². The van der Waals surface area contributed by atoms with Crippen LogP contribution < -0.4 is 10.1 Å². The molecule has 0 spiro atoms. The maximum absolute atomic E-state index is 5.22. The van der Waals surface area contributed by atoms with Crippen molar-refractivity contribution in [2.24, 2.45) is 0 Å². The van der Waals surface area contributed by atoms with E-state index in [2.05, 4.69) is 15.6 Å². The molecule has 0 aliphatic rings. The van der Waals surface area contributed by atoms with Crippen LogP contribution in [0.2, 0.25) is 0 Å². The van der Waals surface area contributed by atoms with E-state index in [0.717, 1.165) is 29.2 Å². The quantitative estimate of drug-likeness (QED) is 0.863. The smallest absolute Gasteiger partial charge is 0.121 e. The average molecular weight is 232 g/mol. The van der Waals surface area contributed by atoms with Crippen molar-refractivity contribution in [2.75, 3.05) is 14.2 Å². The van der Waals surface area contributed by atoms with Gasteiger partial charge in [-0.05, 0) is 37.7 Å². The minimum atomic E-state index is 0.717. The molecule has 90 valence electrons. The normalized spacial score (nSPS) is 10.5. The molecule has 1 aromatic carbocycles. The van der Waals surface area contributed by atoms with Crippen molar-refractivity contribution >= 4 is 0 Å². The molecule has 0 amide bonds. The molecule has 0 aliphatic heterocycles. The van der Waals surface area contributed by atoms with Crippen LogP contribution in [0.3, 0.4) is 0 Å². The molecule has 0 aliphatic carbocycles. The third kappa shape index (κ3) is 2.45. The molecule has 2 aromatic rings. The summed E-state index contributed by atoms with van der Waals surface area (Å²) in [5, 5.41) is 11.2. The van der Waals surface area contributed by atoms with Gasteiger partial charge in [0, 0.05) is 6.54 Å². The van der Waals surface area contributed by atoms with E-state index in [0.29, 0.717) is 0 Å². The highest BCUT2D eigenvalue weighted by molar-refractivity contribution is 5.43. The molecule has 17 heavy (non-hydrogen) atoms. The van der Waals surface area contributed by atoms with Crippen molar-refractivity contribution in [2.45, 2.75) is 13.5 Å². The van der Waals surface area contributed by atoms with E-state index in [9.17, 15) is 0 Å². The Morgan fingerprint density at radius 1 is 1.41 bits per heavy atom. The lowest BCUT2D eigenvalue weighted by Gasteiger charge is -2.06. The summed E-state index contributed by atoms with van der Waals surface area (Å²) in [5.74, 6) is 0.879. The van der Waals surface area contributed by atoms with Crippen molar-refractivity contribution in [1.29, 1.82) is 0 Å². The maximum atomic E-state index is 5.22. The minimum Gasteiger partial charge on any atom is -0.496 e. The molecule has 1 N–H and O–H groups in total. The highest BCUT2D eigenvalue weighted by atomic mass is 16.5. The van der Waals surface area contributed by atoms with Crippen molar-refractivity contribution in [3.8, 4) is 11.4 Å². The summed E-state index contributed by atoms with van der Waals surface area (Å²) in [4.78, 5) is 0. The molecule has 5 nitrogen and oxygen atoms in total. The van der Waals surface area contributed by atoms with Crippen molar-refractivity contribution in [1.82, 2.24) is 20.3 Å². The molecule has 0 radical (unpaired) electrons. The zero-order chi connectivity index (χ0) is 12.3. The SMILES string of the molecule is CNCc1cn(-c2ccc(OC)c(C)c2)nn1. The summed E-state index contributed by atoms with van der Waals surface area (Å²) in [5.41, 5.74) is 2.98. The number of methoxy groups -OCH3 is 1. The molecule has 1 heterocycles. The predicted octanol–water partition coefficient (Wildman–Crippen LogP) is 1.30. The number of aromatic nitrogens is 3. The van der Waals surface area contributed by atoms with Gasteiger partial charge in [-0.25, -0.2) is 4.68 Å². The fraction of sp³-hybridized carbons (Fsp3) is 0.333. The average Bonchev–Trinajstić information content (AvgIpc) is 2.78. The standard InChI is InChI=1S/C12H16N4O/c1-9-6-11(4-5-12(9)17-3)16-8-10(7-13-2)14-15-16/h4-6,8,13H,7H2,1-3H3. The summed E-state index contributed by atoms with van der Waals surface area (Å²) in [7, 11) is 3.55. The second-order valence-electron chi connectivity index (χ2n) is 3.84. The lowest BCUT2D eigenvalue weighted by atomic mass is 10.2. The second-order valence-corrected chi connectivity index (χ2v) is 3.84. The molecule has 0 atom stereocenters. The summed E-state index contributed by atoms with van der Waals surface area (Å²) in [6.45, 7) is 2.73. The van der Waals surface area contributed by atoms with Crippen molar-refractivity contribution < 1.29 is 4.74 Å². The van der Waals surface area contributed by atoms with E-state index >= 15 is 0 Å². The number of hydrogen-bond acceptors (Lipinski definition) is 4. The molecule has 0 bridgehead atoms. The molecule has 0 fully saturated rings. The van der Waals surface area contributed by atoms with Gasteiger partial charge in [0.25, 0.3) is 0 Å². The van der Waals surface area contributed by atoms with Crippen molar-refractivity contribution in [3.05, 3.63) is 35.7 Å². The molecule has 0 unspecified atom stereocenters. The third-order valence-electron chi connectivity index (χ3n) is 2.54. The molecular weight excluding hydrogens is 216 g/mol. The highest BCUT2D eigenvalue weighted by Crippen LogP contribution is 2.20. The van der Waals surface area contributed by atoms with Gasteiger partial charge in [-0.3, -0.25) is 0 Å². The number of nitrogens with zero attached hydrogens (tertiary/aromatic N) is 3. The summed E-state index contributed by atoms with van der Waals surface area (Å²) >= 11 is 0. The summed E-state index contributed by atoms with van der Waals surface area (Å²) in [6.07, 6.45) is 1.91. The lowest BCUT2D eigenvalue weighted by Crippen LogP contribution is -2.05. The topological polar surface area (TPSA) is 52.0 Å². The van der Waals surface area contributed by atoms with Crippen LogP contribution in [0.4, 0.5) is 0 Å². The number of hydrogen-bond donors (Lipinski definition) is 1. The first-order chi connectivity index (χ1) is 8.24. The van der Waals surface area contributed by atoms with Gasteiger partial charge in [-0.2, -0.15) is 0 Å². The fourth-order valence-electron chi connectivity index (χ4n) is 1.69. The highest BCUT2D eigenvalue weighted by Gasteiger charge is 2.04. The van der Waals surface area contributed by atoms with E-state index in [-0.39, 0.29) is 0 Å². The Labute approximate surface area is 100 Å². The molecular formula is C12H16N4O.